The summed E-state index contributed by atoms with van der Waals surface area (Å²) in [6, 6.07) is 5.84. The fraction of sp³-hybridized carbons (Fsp3) is 0.500. The van der Waals surface area contributed by atoms with E-state index in [0.29, 0.717) is 10.6 Å². The number of nitrogens with one attached hydrogen (secondary N) is 1. The molecule has 3 rings (SSSR count). The topological polar surface area (TPSA) is 97.2 Å². The largest absolute Gasteiger partial charge is 0.348 e. The van der Waals surface area contributed by atoms with Crippen LogP contribution in [-0.4, -0.2) is 58.4 Å². The maximum absolute atomic E-state index is 14.1. The van der Waals surface area contributed by atoms with Crippen LogP contribution in [0.3, 0.4) is 0 Å². The van der Waals surface area contributed by atoms with Crippen molar-refractivity contribution in [2.75, 3.05) is 6.54 Å². The molecule has 0 spiro atoms. The summed E-state index contributed by atoms with van der Waals surface area (Å²) in [5.41, 5.74) is 0.702. The smallest absolute Gasteiger partial charge is 0.273 e. The summed E-state index contributed by atoms with van der Waals surface area (Å²) in [7, 11) is -3.74. The molecule has 11 heteroatoms. The minimum atomic E-state index is -3.74. The minimum Gasteiger partial charge on any atom is -0.348 e. The Morgan fingerprint density at radius 3 is 2.69 bits per heavy atom. The second kappa shape index (κ2) is 8.76. The second-order valence-corrected chi connectivity index (χ2v) is 9.75. The summed E-state index contributed by atoms with van der Waals surface area (Å²) in [6.45, 7) is 3.57. The van der Waals surface area contributed by atoms with Gasteiger partial charge < -0.3 is 5.32 Å². The van der Waals surface area contributed by atoms with E-state index >= 15 is 0 Å². The fourth-order valence-electron chi connectivity index (χ4n) is 3.26. The average Bonchev–Trinajstić information content (AvgIpc) is 3.23. The molecule has 1 aliphatic heterocycles. The quantitative estimate of drug-likeness (QED) is 0.706. The van der Waals surface area contributed by atoms with Crippen molar-refractivity contribution in [3.05, 3.63) is 46.7 Å². The summed E-state index contributed by atoms with van der Waals surface area (Å²) >= 11 is 5.84. The number of benzene rings is 1. The molecule has 1 aromatic heterocycles. The summed E-state index contributed by atoms with van der Waals surface area (Å²) in [5, 5.41) is 10.9. The first-order chi connectivity index (χ1) is 13.6. The molecule has 0 radical (unpaired) electrons. The monoisotopic (exact) mass is 443 g/mol. The summed E-state index contributed by atoms with van der Waals surface area (Å²) in [4.78, 5) is 12.0. The van der Waals surface area contributed by atoms with Gasteiger partial charge in [-0.2, -0.15) is 4.31 Å². The molecule has 1 N–H and O–H groups in total. The molecule has 1 saturated heterocycles. The van der Waals surface area contributed by atoms with Crippen LogP contribution in [0, 0.1) is 0 Å². The Balaban J connectivity index is 1.72. The lowest BCUT2D eigenvalue weighted by atomic mass is 10.2. The molecule has 1 amide bonds. The van der Waals surface area contributed by atoms with Crippen LogP contribution in [0.5, 0.6) is 0 Å². The minimum absolute atomic E-state index is 0.0525. The number of rotatable bonds is 7. The first kappa shape index (κ1) is 21.7. The van der Waals surface area contributed by atoms with E-state index < -0.39 is 22.2 Å². The van der Waals surface area contributed by atoms with Crippen molar-refractivity contribution < 1.29 is 17.6 Å². The Bertz CT molecular complexity index is 964. The van der Waals surface area contributed by atoms with E-state index in [0.717, 1.165) is 0 Å². The third kappa shape index (κ3) is 5.52. The van der Waals surface area contributed by atoms with Crippen LogP contribution in [-0.2, 0) is 22.3 Å². The predicted octanol–water partition coefficient (Wildman–Crippen LogP) is 2.01. The molecule has 0 saturated carbocycles. The Hall–Kier alpha value is -2.04. The predicted molar refractivity (Wildman–Crippen MR) is 107 cm³/mol. The fourth-order valence-corrected chi connectivity index (χ4v) is 5.16. The average molecular weight is 444 g/mol. The number of amides is 1. The molecule has 2 atom stereocenters. The van der Waals surface area contributed by atoms with E-state index in [4.69, 9.17) is 11.6 Å². The lowest BCUT2D eigenvalue weighted by molar-refractivity contribution is 0.0938. The molecule has 0 bridgehead atoms. The highest BCUT2D eigenvalue weighted by Crippen LogP contribution is 2.27. The standard InChI is InChI=1S/C18H23ClFN5O3S/c1-12(2)21-18(26)17-10-24(23-22-17)9-16-7-15(20)8-25(16)29(27,28)11-13-3-5-14(19)6-4-13/h3-6,10,12,15-16H,7-9,11H2,1-2H3,(H,21,26)/t15-,16-/m0/s1. The van der Waals surface area contributed by atoms with Gasteiger partial charge in [-0.3, -0.25) is 9.48 Å². The number of carbonyl (C=O) groups is 1. The van der Waals surface area contributed by atoms with Crippen LogP contribution in [0.15, 0.2) is 30.5 Å². The normalized spacial score (nSPS) is 20.3. The van der Waals surface area contributed by atoms with E-state index in [2.05, 4.69) is 15.6 Å². The molecular weight excluding hydrogens is 421 g/mol. The molecule has 1 aliphatic rings. The SMILES string of the molecule is CC(C)NC(=O)c1cn(C[C@@H]2C[C@H](F)CN2S(=O)(=O)Cc2ccc(Cl)cc2)nn1. The highest BCUT2D eigenvalue weighted by Gasteiger charge is 2.40. The van der Waals surface area contributed by atoms with Crippen LogP contribution < -0.4 is 5.32 Å². The number of hydrogen-bond acceptors (Lipinski definition) is 5. The first-order valence-corrected chi connectivity index (χ1v) is 11.2. The Kier molecular flexibility index (Phi) is 6.55. The van der Waals surface area contributed by atoms with Crippen molar-refractivity contribution in [3.63, 3.8) is 0 Å². The number of aromatic nitrogens is 3. The van der Waals surface area contributed by atoms with Crippen LogP contribution in [0.25, 0.3) is 0 Å². The van der Waals surface area contributed by atoms with E-state index in [9.17, 15) is 17.6 Å². The van der Waals surface area contributed by atoms with Crippen LogP contribution in [0.4, 0.5) is 4.39 Å². The Labute approximate surface area is 174 Å². The molecule has 2 heterocycles. The van der Waals surface area contributed by atoms with Crippen LogP contribution in [0.1, 0.15) is 36.3 Å². The molecule has 2 aromatic rings. The van der Waals surface area contributed by atoms with Gasteiger partial charge in [0.2, 0.25) is 10.0 Å². The third-order valence-electron chi connectivity index (χ3n) is 4.52. The lowest BCUT2D eigenvalue weighted by Crippen LogP contribution is -2.39. The molecular formula is C18H23ClFN5O3S. The van der Waals surface area contributed by atoms with Crippen molar-refractivity contribution in [3.8, 4) is 0 Å². The van der Waals surface area contributed by atoms with Crippen molar-refractivity contribution in [2.45, 2.75) is 50.8 Å². The van der Waals surface area contributed by atoms with Gasteiger partial charge in [-0.25, -0.2) is 12.8 Å². The van der Waals surface area contributed by atoms with Gasteiger partial charge in [-0.05, 0) is 38.0 Å². The van der Waals surface area contributed by atoms with Gasteiger partial charge in [0, 0.05) is 23.7 Å². The summed E-state index contributed by atoms with van der Waals surface area (Å²) in [6.07, 6.45) is 0.243. The van der Waals surface area contributed by atoms with E-state index in [1.807, 2.05) is 13.8 Å². The molecule has 8 nitrogen and oxygen atoms in total. The number of hydrogen-bond donors (Lipinski definition) is 1. The van der Waals surface area contributed by atoms with Gasteiger partial charge in [0.05, 0.1) is 18.5 Å². The highest BCUT2D eigenvalue weighted by molar-refractivity contribution is 7.88. The second-order valence-electron chi connectivity index (χ2n) is 7.39. The van der Waals surface area contributed by atoms with Crippen molar-refractivity contribution in [1.29, 1.82) is 0 Å². The molecule has 0 aliphatic carbocycles. The van der Waals surface area contributed by atoms with Crippen molar-refractivity contribution in [1.82, 2.24) is 24.6 Å². The van der Waals surface area contributed by atoms with Crippen LogP contribution >= 0.6 is 11.6 Å². The lowest BCUT2D eigenvalue weighted by Gasteiger charge is -2.23. The van der Waals surface area contributed by atoms with E-state index in [1.165, 1.54) is 15.2 Å². The van der Waals surface area contributed by atoms with Crippen molar-refractivity contribution >= 4 is 27.5 Å². The molecule has 0 unspecified atom stereocenters. The first-order valence-electron chi connectivity index (χ1n) is 9.23. The van der Waals surface area contributed by atoms with E-state index in [1.54, 1.807) is 24.3 Å². The molecule has 158 valence electrons. The van der Waals surface area contributed by atoms with Crippen molar-refractivity contribution in [2.24, 2.45) is 0 Å². The van der Waals surface area contributed by atoms with Gasteiger partial charge in [-0.15, -0.1) is 5.10 Å². The van der Waals surface area contributed by atoms with Gasteiger partial charge >= 0.3 is 0 Å². The van der Waals surface area contributed by atoms with Crippen LogP contribution in [0.2, 0.25) is 5.02 Å². The number of alkyl halides is 1. The number of sulfonamides is 1. The molecule has 1 aromatic carbocycles. The zero-order valence-electron chi connectivity index (χ0n) is 16.1. The van der Waals surface area contributed by atoms with Gasteiger partial charge in [0.1, 0.15) is 6.17 Å². The Morgan fingerprint density at radius 2 is 2.03 bits per heavy atom. The zero-order valence-corrected chi connectivity index (χ0v) is 17.7. The number of carbonyl (C=O) groups excluding carboxylic acids is 1. The maximum atomic E-state index is 14.1. The summed E-state index contributed by atoms with van der Waals surface area (Å²) < 4.78 is 42.4. The summed E-state index contributed by atoms with van der Waals surface area (Å²) in [5.74, 6) is -0.611. The number of halogens is 2. The number of nitrogens with zero attached hydrogens (tertiary/aromatic N) is 4. The van der Waals surface area contributed by atoms with E-state index in [-0.39, 0.29) is 42.9 Å². The van der Waals surface area contributed by atoms with Gasteiger partial charge in [0.25, 0.3) is 5.91 Å². The maximum Gasteiger partial charge on any atom is 0.273 e. The third-order valence-corrected chi connectivity index (χ3v) is 6.63. The highest BCUT2D eigenvalue weighted by atomic mass is 35.5. The molecule has 1 fully saturated rings. The van der Waals surface area contributed by atoms with Gasteiger partial charge in [-0.1, -0.05) is 28.9 Å². The molecule has 29 heavy (non-hydrogen) atoms. The Morgan fingerprint density at radius 1 is 1.34 bits per heavy atom. The van der Waals surface area contributed by atoms with Gasteiger partial charge in [0.15, 0.2) is 5.69 Å². The zero-order chi connectivity index (χ0) is 21.2.